The molecule has 1 heterocycles. The second-order valence-electron chi connectivity index (χ2n) is 9.70. The minimum Gasteiger partial charge on any atom is -0.357 e. The summed E-state index contributed by atoms with van der Waals surface area (Å²) < 4.78 is 77.7. The lowest BCUT2D eigenvalue weighted by molar-refractivity contribution is -0.268. The van der Waals surface area contributed by atoms with Crippen LogP contribution in [0.5, 0.6) is 0 Å². The monoisotopic (exact) mass is 494 g/mol. The molecular formula is C27H31F5N2O. The van der Waals surface area contributed by atoms with E-state index < -0.39 is 23.1 Å². The van der Waals surface area contributed by atoms with Gasteiger partial charge in [-0.05, 0) is 67.3 Å². The van der Waals surface area contributed by atoms with Gasteiger partial charge in [-0.15, -0.1) is 0 Å². The highest BCUT2D eigenvalue weighted by Gasteiger charge is 2.67. The second kappa shape index (κ2) is 8.89. The molecule has 0 spiro atoms. The van der Waals surface area contributed by atoms with E-state index in [9.17, 15) is 17.6 Å². The van der Waals surface area contributed by atoms with Crippen molar-refractivity contribution in [2.45, 2.75) is 82.3 Å². The first-order valence-electron chi connectivity index (χ1n) is 11.9. The number of hydrogen-bond acceptors (Lipinski definition) is 3. The predicted octanol–water partition coefficient (Wildman–Crippen LogP) is 7.04. The average Bonchev–Trinajstić information content (AvgIpc) is 3.58. The molecule has 1 fully saturated rings. The lowest BCUT2D eigenvalue weighted by Gasteiger charge is -2.37. The molecule has 0 radical (unpaired) electrons. The van der Waals surface area contributed by atoms with Crippen LogP contribution in [0.25, 0.3) is 0 Å². The van der Waals surface area contributed by atoms with Crippen LogP contribution < -0.4 is 11.1 Å². The van der Waals surface area contributed by atoms with Crippen molar-refractivity contribution >= 4 is 5.69 Å². The number of rotatable bonds is 7. The molecule has 2 aliphatic rings. The van der Waals surface area contributed by atoms with E-state index in [0.29, 0.717) is 36.2 Å². The summed E-state index contributed by atoms with van der Waals surface area (Å²) in [7, 11) is 0. The van der Waals surface area contributed by atoms with E-state index >= 15 is 4.39 Å². The number of anilines is 1. The zero-order valence-electron chi connectivity index (χ0n) is 20.1. The topological polar surface area (TPSA) is 50.6 Å². The molecule has 1 saturated heterocycles. The van der Waals surface area contributed by atoms with E-state index in [1.807, 2.05) is 12.1 Å². The third kappa shape index (κ3) is 4.35. The van der Waals surface area contributed by atoms with Gasteiger partial charge in [0.05, 0.1) is 0 Å². The number of hydrogen-bond donors (Lipinski definition) is 2. The molecule has 2 aromatic rings. The summed E-state index contributed by atoms with van der Waals surface area (Å²) in [5.41, 5.74) is 2.58. The number of allylic oxidation sites excluding steroid dienone is 1. The Kier molecular flexibility index (Phi) is 6.51. The van der Waals surface area contributed by atoms with Crippen LogP contribution in [-0.4, -0.2) is 18.1 Å². The van der Waals surface area contributed by atoms with Gasteiger partial charge in [-0.3, -0.25) is 0 Å². The first-order valence-corrected chi connectivity index (χ1v) is 11.9. The van der Waals surface area contributed by atoms with Crippen molar-refractivity contribution in [3.8, 4) is 0 Å². The van der Waals surface area contributed by atoms with Crippen LogP contribution in [0, 0.1) is 6.92 Å². The minimum absolute atomic E-state index is 0.0432. The summed E-state index contributed by atoms with van der Waals surface area (Å²) >= 11 is 0. The number of aryl methyl sites for hydroxylation is 3. The molecule has 0 bridgehead atoms. The Balaban J connectivity index is 1.61. The van der Waals surface area contributed by atoms with Crippen LogP contribution in [0.15, 0.2) is 43.0 Å². The van der Waals surface area contributed by atoms with E-state index in [4.69, 9.17) is 10.5 Å². The Labute approximate surface area is 202 Å². The number of ether oxygens (including phenoxy) is 1. The lowest BCUT2D eigenvalue weighted by atomic mass is 9.79. The standard InChI is InChI=1S/C27H31F5N2O/c1-5-16-14-19(26(29,27(30,31)32)25(4,28)6-2)12-15(3)22(16)34-24-23(35-24)18-10-11-20-17(13-18)8-7-9-21(20)33/h6,10-14,21,23-24,34H,2,5,7-9,33H2,1,3-4H3/t21?,23?,24-,25?,26?/m0/s1. The van der Waals surface area contributed by atoms with Gasteiger partial charge in [-0.2, -0.15) is 13.2 Å². The van der Waals surface area contributed by atoms with Gasteiger partial charge >= 0.3 is 6.18 Å². The van der Waals surface area contributed by atoms with Gasteiger partial charge in [0.15, 0.2) is 11.9 Å². The number of nitrogens with one attached hydrogen (secondary N) is 1. The van der Waals surface area contributed by atoms with Crippen molar-refractivity contribution in [3.05, 3.63) is 76.4 Å². The molecule has 4 unspecified atom stereocenters. The number of nitrogens with two attached hydrogens (primary N) is 1. The smallest absolute Gasteiger partial charge is 0.357 e. The van der Waals surface area contributed by atoms with Crippen LogP contribution in [0.2, 0.25) is 0 Å². The predicted molar refractivity (Wildman–Crippen MR) is 127 cm³/mol. The maximum absolute atomic E-state index is 15.5. The zero-order valence-corrected chi connectivity index (χ0v) is 20.1. The Hall–Kier alpha value is -2.45. The fraction of sp³-hybridized carbons (Fsp3) is 0.481. The first-order chi connectivity index (χ1) is 16.3. The van der Waals surface area contributed by atoms with E-state index in [1.54, 1.807) is 13.8 Å². The third-order valence-corrected chi connectivity index (χ3v) is 7.28. The quantitative estimate of drug-likeness (QED) is 0.247. The van der Waals surface area contributed by atoms with Crippen LogP contribution in [0.3, 0.4) is 0 Å². The highest BCUT2D eigenvalue weighted by atomic mass is 19.4. The van der Waals surface area contributed by atoms with Crippen molar-refractivity contribution in [3.63, 3.8) is 0 Å². The Bertz CT molecular complexity index is 1130. The van der Waals surface area contributed by atoms with Gasteiger partial charge in [-0.25, -0.2) is 8.78 Å². The molecule has 5 atom stereocenters. The van der Waals surface area contributed by atoms with E-state index in [0.717, 1.165) is 42.5 Å². The van der Waals surface area contributed by atoms with Crippen LogP contribution in [-0.2, 0) is 23.2 Å². The van der Waals surface area contributed by atoms with Crippen LogP contribution in [0.4, 0.5) is 27.6 Å². The van der Waals surface area contributed by atoms with Crippen molar-refractivity contribution in [2.75, 3.05) is 5.32 Å². The van der Waals surface area contributed by atoms with Gasteiger partial charge in [0, 0.05) is 17.3 Å². The Morgan fingerprint density at radius 2 is 1.89 bits per heavy atom. The fourth-order valence-corrected chi connectivity index (χ4v) is 5.07. The molecule has 2 aromatic carbocycles. The maximum Gasteiger partial charge on any atom is 0.430 e. The highest BCUT2D eigenvalue weighted by Crippen LogP contribution is 2.53. The molecule has 1 aliphatic heterocycles. The van der Waals surface area contributed by atoms with Gasteiger partial charge in [0.2, 0.25) is 0 Å². The summed E-state index contributed by atoms with van der Waals surface area (Å²) in [5, 5.41) is 3.25. The number of halogens is 5. The molecule has 190 valence electrons. The summed E-state index contributed by atoms with van der Waals surface area (Å²) in [4.78, 5) is 0. The molecule has 0 saturated carbocycles. The summed E-state index contributed by atoms with van der Waals surface area (Å²) in [5.74, 6) is 0. The van der Waals surface area contributed by atoms with E-state index in [2.05, 4.69) is 18.0 Å². The number of fused-ring (bicyclic) bond motifs is 1. The summed E-state index contributed by atoms with van der Waals surface area (Å²) in [6, 6.07) is 8.31. The Morgan fingerprint density at radius 3 is 2.51 bits per heavy atom. The molecule has 35 heavy (non-hydrogen) atoms. The molecule has 1 aliphatic carbocycles. The van der Waals surface area contributed by atoms with Crippen LogP contribution in [0.1, 0.15) is 72.2 Å². The number of alkyl halides is 5. The molecule has 4 rings (SSSR count). The third-order valence-electron chi connectivity index (χ3n) is 7.28. The SMILES string of the molecule is C=CC(C)(F)C(F)(c1cc(C)c(N[C@H]2OC2c2ccc3c(c2)CCCC3N)c(CC)c1)C(F)(F)F. The van der Waals surface area contributed by atoms with E-state index in [-0.39, 0.29) is 18.4 Å². The molecular weight excluding hydrogens is 463 g/mol. The fourth-order valence-electron chi connectivity index (χ4n) is 5.07. The highest BCUT2D eigenvalue weighted by molar-refractivity contribution is 5.61. The van der Waals surface area contributed by atoms with Crippen molar-refractivity contribution in [1.29, 1.82) is 0 Å². The zero-order chi connectivity index (χ0) is 25.8. The molecule has 3 nitrogen and oxygen atoms in total. The van der Waals surface area contributed by atoms with E-state index in [1.165, 1.54) is 5.56 Å². The van der Waals surface area contributed by atoms with Gasteiger partial charge in [-0.1, -0.05) is 49.9 Å². The van der Waals surface area contributed by atoms with Crippen molar-refractivity contribution < 1.29 is 26.7 Å². The summed E-state index contributed by atoms with van der Waals surface area (Å²) in [6.45, 7) is 6.95. The average molecular weight is 495 g/mol. The molecule has 8 heteroatoms. The second-order valence-corrected chi connectivity index (χ2v) is 9.70. The largest absolute Gasteiger partial charge is 0.430 e. The lowest BCUT2D eigenvalue weighted by Crippen LogP contribution is -2.52. The van der Waals surface area contributed by atoms with Crippen LogP contribution >= 0.6 is 0 Å². The molecule has 0 aromatic heterocycles. The Morgan fingerprint density at radius 1 is 1.17 bits per heavy atom. The van der Waals surface area contributed by atoms with Crippen molar-refractivity contribution in [2.24, 2.45) is 5.73 Å². The van der Waals surface area contributed by atoms with Gasteiger partial charge in [0.25, 0.3) is 5.67 Å². The van der Waals surface area contributed by atoms with Gasteiger partial charge < -0.3 is 15.8 Å². The molecule has 0 amide bonds. The number of benzene rings is 2. The minimum atomic E-state index is -5.48. The van der Waals surface area contributed by atoms with Crippen molar-refractivity contribution in [1.82, 2.24) is 0 Å². The van der Waals surface area contributed by atoms with Gasteiger partial charge in [0.1, 0.15) is 6.10 Å². The maximum atomic E-state index is 15.5. The normalized spacial score (nSPS) is 25.2. The summed E-state index contributed by atoms with van der Waals surface area (Å²) in [6.07, 6.45) is -2.42. The number of epoxide rings is 1. The molecule has 3 N–H and O–H groups in total. The first kappa shape index (κ1) is 25.6.